The molecule has 0 aromatic rings. The number of rotatable bonds is 0. The van der Waals surface area contributed by atoms with Gasteiger partial charge in [0.2, 0.25) is 0 Å². The SMILES string of the molecule is O=P([O-])([O-])O.O=P([O-])([O-])O.[Pt+4]. The molecule has 0 aromatic heterocycles. The minimum absolute atomic E-state index is 0. The first kappa shape index (κ1) is 17.9. The van der Waals surface area contributed by atoms with Crippen LogP contribution in [0, 0.1) is 0 Å². The molecule has 0 bridgehead atoms. The fraction of sp³-hybridized carbons (Fsp3) is 0. The van der Waals surface area contributed by atoms with Crippen molar-refractivity contribution in [3.8, 4) is 0 Å². The summed E-state index contributed by atoms with van der Waals surface area (Å²) in [6.45, 7) is 0. The van der Waals surface area contributed by atoms with Crippen LogP contribution >= 0.6 is 15.6 Å². The van der Waals surface area contributed by atoms with Crippen LogP contribution in [0.3, 0.4) is 0 Å². The predicted molar refractivity (Wildman–Crippen MR) is 19.7 cm³/mol. The Morgan fingerprint density at radius 3 is 0.818 bits per heavy atom. The fourth-order valence-electron chi connectivity index (χ4n) is 0. The van der Waals surface area contributed by atoms with Crippen molar-refractivity contribution < 1.29 is 59.6 Å². The van der Waals surface area contributed by atoms with Crippen LogP contribution in [-0.2, 0) is 30.2 Å². The van der Waals surface area contributed by atoms with Gasteiger partial charge >= 0.3 is 21.1 Å². The summed E-state index contributed by atoms with van der Waals surface area (Å²) in [5.41, 5.74) is 0. The maximum absolute atomic E-state index is 8.66. The third-order valence-corrected chi connectivity index (χ3v) is 0. The maximum atomic E-state index is 8.66. The summed E-state index contributed by atoms with van der Waals surface area (Å²) in [6, 6.07) is 0. The molecule has 0 heterocycles. The van der Waals surface area contributed by atoms with Crippen LogP contribution in [0.25, 0.3) is 0 Å². The van der Waals surface area contributed by atoms with Gasteiger partial charge in [-0.25, -0.2) is 0 Å². The molecule has 11 heteroatoms. The summed E-state index contributed by atoms with van der Waals surface area (Å²) in [5, 5.41) is 0. The fourth-order valence-corrected chi connectivity index (χ4v) is 0. The van der Waals surface area contributed by atoms with Crippen molar-refractivity contribution >= 4 is 15.6 Å². The molecule has 0 amide bonds. The van der Waals surface area contributed by atoms with E-state index in [0.29, 0.717) is 0 Å². The van der Waals surface area contributed by atoms with E-state index < -0.39 is 15.6 Å². The van der Waals surface area contributed by atoms with Gasteiger partial charge in [-0.1, -0.05) is 0 Å². The third kappa shape index (κ3) is 1050. The van der Waals surface area contributed by atoms with Crippen molar-refractivity contribution in [3.05, 3.63) is 0 Å². The van der Waals surface area contributed by atoms with Crippen LogP contribution in [0.1, 0.15) is 0 Å². The monoisotopic (exact) mass is 387 g/mol. The summed E-state index contributed by atoms with van der Waals surface area (Å²) in [5.74, 6) is 0. The van der Waals surface area contributed by atoms with Crippen LogP contribution in [-0.4, -0.2) is 9.79 Å². The van der Waals surface area contributed by atoms with Crippen molar-refractivity contribution in [2.75, 3.05) is 0 Å². The molecule has 70 valence electrons. The van der Waals surface area contributed by atoms with Crippen molar-refractivity contribution in [1.82, 2.24) is 0 Å². The minimum Gasteiger partial charge on any atom is -0.790 e. The van der Waals surface area contributed by atoms with E-state index in [-0.39, 0.29) is 21.1 Å². The molecule has 8 nitrogen and oxygen atoms in total. The molecule has 0 rings (SSSR count). The average Bonchev–Trinajstić information content (AvgIpc) is 1.12. The van der Waals surface area contributed by atoms with Gasteiger partial charge in [0.25, 0.3) is 0 Å². The zero-order valence-electron chi connectivity index (χ0n) is 4.55. The predicted octanol–water partition coefficient (Wildman–Crippen LogP) is -4.39. The Morgan fingerprint density at radius 2 is 0.818 bits per heavy atom. The first-order valence-electron chi connectivity index (χ1n) is 1.50. The second-order valence-corrected chi connectivity index (χ2v) is 2.81. The molecule has 0 spiro atoms. The van der Waals surface area contributed by atoms with Crippen LogP contribution in [0.2, 0.25) is 0 Å². The largest absolute Gasteiger partial charge is 4.00 e. The molecule has 11 heavy (non-hydrogen) atoms. The van der Waals surface area contributed by atoms with Crippen LogP contribution in [0.15, 0.2) is 0 Å². The van der Waals surface area contributed by atoms with Crippen LogP contribution in [0.4, 0.5) is 0 Å². The third-order valence-electron chi connectivity index (χ3n) is 0. The van der Waals surface area contributed by atoms with Gasteiger partial charge in [-0.05, 0) is 0 Å². The van der Waals surface area contributed by atoms with Gasteiger partial charge in [-0.2, -0.15) is 0 Å². The van der Waals surface area contributed by atoms with Crippen molar-refractivity contribution in [1.29, 1.82) is 0 Å². The number of phosphoric acid groups is 2. The zero-order valence-corrected chi connectivity index (χ0v) is 8.62. The Balaban J connectivity index is -0.000000107. The summed E-state index contributed by atoms with van der Waals surface area (Å²) in [7, 11) is -10.3. The van der Waals surface area contributed by atoms with E-state index in [9.17, 15) is 0 Å². The van der Waals surface area contributed by atoms with Crippen molar-refractivity contribution in [2.45, 2.75) is 0 Å². The van der Waals surface area contributed by atoms with E-state index in [1.165, 1.54) is 0 Å². The number of hydrogen-bond donors (Lipinski definition) is 2. The van der Waals surface area contributed by atoms with Crippen molar-refractivity contribution in [3.63, 3.8) is 0 Å². The molecule has 0 saturated heterocycles. The first-order chi connectivity index (χ1) is 4.00. The van der Waals surface area contributed by atoms with Crippen LogP contribution < -0.4 is 19.6 Å². The molecule has 2 N–H and O–H groups in total. The van der Waals surface area contributed by atoms with E-state index in [1.54, 1.807) is 0 Å². The second-order valence-electron chi connectivity index (χ2n) is 0.937. The molecule has 0 aromatic carbocycles. The smallest absolute Gasteiger partial charge is 0.790 e. The molecule has 0 saturated carbocycles. The average molecular weight is 387 g/mol. The standard InChI is InChI=1S/2H3O4P.Pt/c2*1-5(2,3)4;/h2*(H3,1,2,3,4);/q;;+4/p-4. The molecular formula is H2O8P2Pt. The minimum atomic E-state index is -5.14. The van der Waals surface area contributed by atoms with Gasteiger partial charge in [0.1, 0.15) is 0 Å². The molecule has 0 aliphatic carbocycles. The zero-order chi connectivity index (χ0) is 9.00. The van der Waals surface area contributed by atoms with Gasteiger partial charge in [-0.15, -0.1) is 0 Å². The summed E-state index contributed by atoms with van der Waals surface area (Å²) >= 11 is 0. The summed E-state index contributed by atoms with van der Waals surface area (Å²) in [6.07, 6.45) is 0. The van der Waals surface area contributed by atoms with E-state index in [4.69, 9.17) is 38.5 Å². The molecule has 0 unspecified atom stereocenters. The van der Waals surface area contributed by atoms with Crippen molar-refractivity contribution in [2.24, 2.45) is 0 Å². The molecule has 0 aliphatic heterocycles. The Bertz CT molecular complexity index is 124. The van der Waals surface area contributed by atoms with Crippen LogP contribution in [0.5, 0.6) is 0 Å². The van der Waals surface area contributed by atoms with E-state index in [2.05, 4.69) is 0 Å². The molecule has 0 radical (unpaired) electrons. The molecule has 0 atom stereocenters. The Kier molecular flexibility index (Phi) is 10.4. The van der Waals surface area contributed by atoms with E-state index >= 15 is 0 Å². The normalized spacial score (nSPS) is 10.7. The Morgan fingerprint density at radius 1 is 0.818 bits per heavy atom. The molecule has 0 fully saturated rings. The molecule has 0 aliphatic rings. The van der Waals surface area contributed by atoms with E-state index in [1.807, 2.05) is 0 Å². The summed E-state index contributed by atoms with van der Waals surface area (Å²) < 4.78 is 17.3. The Labute approximate surface area is 75.6 Å². The van der Waals surface area contributed by atoms with Gasteiger partial charge in [0.15, 0.2) is 0 Å². The molecular weight excluding hydrogens is 385 g/mol. The topological polar surface area (TPSA) is 167 Å². The summed E-state index contributed by atoms with van der Waals surface area (Å²) in [4.78, 5) is 48.6. The van der Waals surface area contributed by atoms with E-state index in [0.717, 1.165) is 0 Å². The second kappa shape index (κ2) is 6.43. The Hall–Kier alpha value is 0.908. The quantitative estimate of drug-likeness (QED) is 0.393. The number of hydrogen-bond acceptors (Lipinski definition) is 6. The van der Waals surface area contributed by atoms with Gasteiger partial charge in [-0.3, -0.25) is 0 Å². The maximum Gasteiger partial charge on any atom is 4.00 e. The van der Waals surface area contributed by atoms with Gasteiger partial charge < -0.3 is 38.5 Å². The first-order valence-corrected chi connectivity index (χ1v) is 4.49. The van der Waals surface area contributed by atoms with Gasteiger partial charge in [0, 0.05) is 0 Å². The van der Waals surface area contributed by atoms with Gasteiger partial charge in [0.05, 0.1) is 15.6 Å².